The number of halogens is 2. The quantitative estimate of drug-likeness (QED) is 0.832. The summed E-state index contributed by atoms with van der Waals surface area (Å²) in [5, 5.41) is 2.52. The van der Waals surface area contributed by atoms with E-state index in [1.165, 1.54) is 30.3 Å². The van der Waals surface area contributed by atoms with Crippen LogP contribution in [0.3, 0.4) is 0 Å². The molecule has 0 radical (unpaired) electrons. The number of nitrogens with one attached hydrogen (secondary N) is 1. The number of anilines is 1. The van der Waals surface area contributed by atoms with Crippen LogP contribution in [0.5, 0.6) is 5.75 Å². The Labute approximate surface area is 137 Å². The van der Waals surface area contributed by atoms with Crippen LogP contribution in [0.15, 0.2) is 47.4 Å². The molecule has 23 heavy (non-hydrogen) atoms. The first-order valence-corrected chi connectivity index (χ1v) is 8.90. The van der Waals surface area contributed by atoms with Crippen LogP contribution in [0, 0.1) is 5.82 Å². The van der Waals surface area contributed by atoms with Crippen molar-refractivity contribution in [2.45, 2.75) is 11.8 Å². The summed E-state index contributed by atoms with van der Waals surface area (Å²) in [5.41, 5.74) is 0.456. The van der Waals surface area contributed by atoms with Crippen molar-refractivity contribution >= 4 is 31.3 Å². The van der Waals surface area contributed by atoms with Gasteiger partial charge in [0.15, 0.2) is 0 Å². The van der Waals surface area contributed by atoms with Crippen molar-refractivity contribution in [2.75, 3.05) is 11.9 Å². The summed E-state index contributed by atoms with van der Waals surface area (Å²) in [5.74, 6) is -0.868. The highest BCUT2D eigenvalue weighted by molar-refractivity contribution is 8.13. The second-order valence-electron chi connectivity index (χ2n) is 4.49. The van der Waals surface area contributed by atoms with Gasteiger partial charge in [-0.3, -0.25) is 4.79 Å². The maximum Gasteiger partial charge on any atom is 0.265 e. The van der Waals surface area contributed by atoms with Crippen LogP contribution in [-0.2, 0) is 9.05 Å². The van der Waals surface area contributed by atoms with E-state index < -0.39 is 20.8 Å². The van der Waals surface area contributed by atoms with E-state index in [-0.39, 0.29) is 28.5 Å². The molecule has 0 saturated heterocycles. The number of rotatable bonds is 5. The second kappa shape index (κ2) is 6.97. The Balaban J connectivity index is 2.30. The van der Waals surface area contributed by atoms with Gasteiger partial charge in [-0.05, 0) is 49.4 Å². The highest BCUT2D eigenvalue weighted by Gasteiger charge is 2.18. The zero-order valence-corrected chi connectivity index (χ0v) is 13.6. The van der Waals surface area contributed by atoms with Gasteiger partial charge in [-0.15, -0.1) is 0 Å². The third-order valence-corrected chi connectivity index (χ3v) is 4.21. The fourth-order valence-electron chi connectivity index (χ4n) is 1.86. The number of carbonyl (C=O) groups is 1. The predicted octanol–water partition coefficient (Wildman–Crippen LogP) is 3.40. The van der Waals surface area contributed by atoms with Gasteiger partial charge in [-0.25, -0.2) is 12.8 Å². The lowest BCUT2D eigenvalue weighted by Crippen LogP contribution is -2.12. The van der Waals surface area contributed by atoms with E-state index in [0.717, 1.165) is 12.1 Å². The molecule has 0 unspecified atom stereocenters. The highest BCUT2D eigenvalue weighted by atomic mass is 35.7. The average Bonchev–Trinajstić information content (AvgIpc) is 2.48. The Kier molecular flexibility index (Phi) is 5.23. The van der Waals surface area contributed by atoms with Crippen molar-refractivity contribution in [3.63, 3.8) is 0 Å². The molecular weight excluding hydrogens is 345 g/mol. The minimum Gasteiger partial charge on any atom is -0.492 e. The number of benzene rings is 2. The molecule has 122 valence electrons. The van der Waals surface area contributed by atoms with Gasteiger partial charge in [0.2, 0.25) is 0 Å². The molecule has 0 aliphatic heterocycles. The molecular formula is C15H13ClFNO4S. The Morgan fingerprint density at radius 1 is 1.22 bits per heavy atom. The first-order valence-electron chi connectivity index (χ1n) is 6.59. The second-order valence-corrected chi connectivity index (χ2v) is 7.03. The molecule has 0 saturated carbocycles. The molecule has 0 bridgehead atoms. The lowest BCUT2D eigenvalue weighted by atomic mass is 10.2. The summed E-state index contributed by atoms with van der Waals surface area (Å²) in [6.07, 6.45) is 0. The van der Waals surface area contributed by atoms with Gasteiger partial charge in [0, 0.05) is 21.9 Å². The van der Waals surface area contributed by atoms with Crippen molar-refractivity contribution < 1.29 is 22.3 Å². The molecule has 2 aromatic carbocycles. The van der Waals surface area contributed by atoms with Gasteiger partial charge >= 0.3 is 0 Å². The van der Waals surface area contributed by atoms with Crippen molar-refractivity contribution in [2.24, 2.45) is 0 Å². The molecule has 0 aromatic heterocycles. The summed E-state index contributed by atoms with van der Waals surface area (Å²) in [7, 11) is 1.34. The lowest BCUT2D eigenvalue weighted by Gasteiger charge is -2.11. The summed E-state index contributed by atoms with van der Waals surface area (Å²) < 4.78 is 41.3. The molecule has 5 nitrogen and oxygen atoms in total. The monoisotopic (exact) mass is 357 g/mol. The molecule has 0 aliphatic carbocycles. The third-order valence-electron chi connectivity index (χ3n) is 2.87. The van der Waals surface area contributed by atoms with E-state index in [2.05, 4.69) is 5.32 Å². The van der Waals surface area contributed by atoms with Gasteiger partial charge in [-0.2, -0.15) is 0 Å². The summed E-state index contributed by atoms with van der Waals surface area (Å²) in [6.45, 7) is 1.97. The molecule has 2 aromatic rings. The SMILES string of the molecule is CCOc1ccc(NC(=O)c2ccc(F)cc2)cc1S(=O)(=O)Cl. The average molecular weight is 358 g/mol. The van der Waals surface area contributed by atoms with E-state index >= 15 is 0 Å². The van der Waals surface area contributed by atoms with Crippen LogP contribution in [-0.4, -0.2) is 20.9 Å². The van der Waals surface area contributed by atoms with Crippen LogP contribution >= 0.6 is 10.7 Å². The summed E-state index contributed by atoms with van der Waals surface area (Å²) >= 11 is 0. The normalized spacial score (nSPS) is 11.1. The fourth-order valence-corrected chi connectivity index (χ4v) is 2.85. The van der Waals surface area contributed by atoms with Gasteiger partial charge < -0.3 is 10.1 Å². The van der Waals surface area contributed by atoms with E-state index in [1.54, 1.807) is 6.92 Å². The number of hydrogen-bond acceptors (Lipinski definition) is 4. The third kappa shape index (κ3) is 4.43. The van der Waals surface area contributed by atoms with Gasteiger partial charge in [0.05, 0.1) is 6.61 Å². The molecule has 0 atom stereocenters. The number of hydrogen-bond donors (Lipinski definition) is 1. The van der Waals surface area contributed by atoms with E-state index in [9.17, 15) is 17.6 Å². The maximum atomic E-state index is 12.9. The van der Waals surface area contributed by atoms with Crippen LogP contribution in [0.1, 0.15) is 17.3 Å². The standard InChI is InChI=1S/C15H13ClFNO4S/c1-2-22-13-8-7-12(9-14(13)23(16,20)21)18-15(19)10-3-5-11(17)6-4-10/h3-9H,2H2,1H3,(H,18,19). The molecule has 2 rings (SSSR count). The van der Waals surface area contributed by atoms with Crippen LogP contribution in [0.2, 0.25) is 0 Å². The zero-order valence-electron chi connectivity index (χ0n) is 12.0. The first-order chi connectivity index (χ1) is 10.8. The predicted molar refractivity (Wildman–Crippen MR) is 85.0 cm³/mol. The molecule has 0 aliphatic rings. The van der Waals surface area contributed by atoms with Crippen molar-refractivity contribution in [1.29, 1.82) is 0 Å². The molecule has 0 spiro atoms. The van der Waals surface area contributed by atoms with Gasteiger partial charge in [0.25, 0.3) is 15.0 Å². The smallest absolute Gasteiger partial charge is 0.265 e. The van der Waals surface area contributed by atoms with Crippen LogP contribution in [0.25, 0.3) is 0 Å². The van der Waals surface area contributed by atoms with Crippen molar-refractivity contribution in [3.05, 3.63) is 53.8 Å². The minimum absolute atomic E-state index is 0.0993. The largest absolute Gasteiger partial charge is 0.492 e. The highest BCUT2D eigenvalue weighted by Crippen LogP contribution is 2.30. The molecule has 1 amide bonds. The van der Waals surface area contributed by atoms with Crippen LogP contribution < -0.4 is 10.1 Å². The van der Waals surface area contributed by atoms with E-state index in [0.29, 0.717) is 0 Å². The van der Waals surface area contributed by atoms with Gasteiger partial charge in [0.1, 0.15) is 16.5 Å². The Morgan fingerprint density at radius 2 is 1.87 bits per heavy atom. The molecule has 8 heteroatoms. The minimum atomic E-state index is -4.04. The van der Waals surface area contributed by atoms with Crippen molar-refractivity contribution in [1.82, 2.24) is 0 Å². The fraction of sp³-hybridized carbons (Fsp3) is 0.133. The van der Waals surface area contributed by atoms with Crippen molar-refractivity contribution in [3.8, 4) is 5.75 Å². The molecule has 0 fully saturated rings. The first kappa shape index (κ1) is 17.2. The topological polar surface area (TPSA) is 72.5 Å². The molecule has 0 heterocycles. The molecule has 1 N–H and O–H groups in total. The summed E-state index contributed by atoms with van der Waals surface area (Å²) in [4.78, 5) is 11.8. The van der Waals surface area contributed by atoms with E-state index in [1.807, 2.05) is 0 Å². The number of carbonyl (C=O) groups excluding carboxylic acids is 1. The Morgan fingerprint density at radius 3 is 2.43 bits per heavy atom. The Bertz CT molecular complexity index is 822. The number of amides is 1. The van der Waals surface area contributed by atoms with E-state index in [4.69, 9.17) is 15.4 Å². The summed E-state index contributed by atoms with van der Waals surface area (Å²) in [6, 6.07) is 9.03. The number of ether oxygens (including phenoxy) is 1. The zero-order chi connectivity index (χ0) is 17.0. The Hall–Kier alpha value is -2.12. The maximum absolute atomic E-state index is 12.9. The lowest BCUT2D eigenvalue weighted by molar-refractivity contribution is 0.102. The van der Waals surface area contributed by atoms with Gasteiger partial charge in [-0.1, -0.05) is 0 Å². The van der Waals surface area contributed by atoms with Crippen LogP contribution in [0.4, 0.5) is 10.1 Å².